The molecule has 0 unspecified atom stereocenters. The van der Waals surface area contributed by atoms with Crippen molar-refractivity contribution >= 4 is 68.5 Å². The van der Waals surface area contributed by atoms with Crippen LogP contribution in [0.4, 0.5) is 15.2 Å². The summed E-state index contributed by atoms with van der Waals surface area (Å²) in [5.41, 5.74) is 6.90. The fraction of sp³-hybridized carbons (Fsp3) is 0.0333. The molecule has 4 aromatic carbocycles. The molecule has 0 aliphatic carbocycles. The van der Waals surface area contributed by atoms with Gasteiger partial charge in [-0.3, -0.25) is 4.79 Å². The molecule has 0 saturated carbocycles. The number of aromatic nitrogens is 1. The van der Waals surface area contributed by atoms with Crippen molar-refractivity contribution in [1.82, 2.24) is 10.4 Å². The first-order valence-electron chi connectivity index (χ1n) is 12.0. The molecule has 2 N–H and O–H groups in total. The zero-order valence-corrected chi connectivity index (χ0v) is 24.5. The predicted octanol–water partition coefficient (Wildman–Crippen LogP) is 8.29. The Hall–Kier alpha value is -3.80. The number of nitrogens with one attached hydrogen (secondary N) is 2. The molecule has 0 bridgehead atoms. The Morgan fingerprint density at radius 2 is 1.82 bits per heavy atom. The Balaban J connectivity index is 1.14. The molecular weight excluding hydrogens is 662 g/mol. The molecule has 40 heavy (non-hydrogen) atoms. The van der Waals surface area contributed by atoms with Crippen LogP contribution in [0.2, 0.25) is 5.02 Å². The summed E-state index contributed by atoms with van der Waals surface area (Å²) in [5, 5.41) is 10.7. The van der Waals surface area contributed by atoms with Crippen molar-refractivity contribution in [3.63, 3.8) is 0 Å². The van der Waals surface area contributed by atoms with Crippen molar-refractivity contribution < 1.29 is 13.9 Å². The number of ether oxygens (including phenoxy) is 1. The lowest BCUT2D eigenvalue weighted by atomic mass is 10.1. The molecule has 5 rings (SSSR count). The van der Waals surface area contributed by atoms with Crippen molar-refractivity contribution in [1.29, 1.82) is 0 Å². The highest BCUT2D eigenvalue weighted by Gasteiger charge is 2.09. The molecule has 1 aromatic heterocycles. The van der Waals surface area contributed by atoms with E-state index in [9.17, 15) is 9.18 Å². The molecule has 0 atom stereocenters. The quantitative estimate of drug-likeness (QED) is 0.0932. The van der Waals surface area contributed by atoms with E-state index >= 15 is 0 Å². The molecule has 0 spiro atoms. The number of carbonyl (C=O) groups excluding carboxylic acids is 1. The van der Waals surface area contributed by atoms with E-state index in [2.05, 4.69) is 43.4 Å². The second-order valence-corrected chi connectivity index (χ2v) is 11.0. The van der Waals surface area contributed by atoms with Crippen LogP contribution < -0.4 is 15.5 Å². The Kier molecular flexibility index (Phi) is 9.04. The normalized spacial score (nSPS) is 11.0. The fourth-order valence-electron chi connectivity index (χ4n) is 3.63. The summed E-state index contributed by atoms with van der Waals surface area (Å²) in [4.78, 5) is 17.2. The maximum absolute atomic E-state index is 13.8. The van der Waals surface area contributed by atoms with Gasteiger partial charge in [0, 0.05) is 32.8 Å². The average molecular weight is 683 g/mol. The van der Waals surface area contributed by atoms with E-state index in [1.54, 1.807) is 42.6 Å². The average Bonchev–Trinajstić information content (AvgIpc) is 3.43. The van der Waals surface area contributed by atoms with Gasteiger partial charge in [-0.1, -0.05) is 41.9 Å². The highest BCUT2D eigenvalue weighted by Crippen LogP contribution is 2.28. The summed E-state index contributed by atoms with van der Waals surface area (Å²) in [6.45, 7) is 0.134. The van der Waals surface area contributed by atoms with Gasteiger partial charge in [0.2, 0.25) is 0 Å². The number of hydrogen-bond acceptors (Lipinski definition) is 6. The van der Waals surface area contributed by atoms with E-state index in [0.717, 1.165) is 31.2 Å². The third-order valence-corrected chi connectivity index (χ3v) is 7.57. The van der Waals surface area contributed by atoms with Crippen LogP contribution in [0.3, 0.4) is 0 Å². The Bertz CT molecular complexity index is 1660. The smallest absolute Gasteiger partial charge is 0.271 e. The summed E-state index contributed by atoms with van der Waals surface area (Å²) in [6, 6.07) is 26.6. The van der Waals surface area contributed by atoms with Crippen LogP contribution in [0.1, 0.15) is 21.5 Å². The number of halogens is 3. The fourth-order valence-corrected chi connectivity index (χ4v) is 5.19. The van der Waals surface area contributed by atoms with Gasteiger partial charge in [0.15, 0.2) is 5.13 Å². The third-order valence-electron chi connectivity index (χ3n) is 5.72. The molecule has 0 aliphatic rings. The summed E-state index contributed by atoms with van der Waals surface area (Å²) in [5.74, 6) is 0.00952. The van der Waals surface area contributed by atoms with E-state index in [1.165, 1.54) is 17.4 Å². The Morgan fingerprint density at radius 3 is 2.58 bits per heavy atom. The van der Waals surface area contributed by atoms with Gasteiger partial charge in [0.05, 0.1) is 15.5 Å². The van der Waals surface area contributed by atoms with Gasteiger partial charge in [-0.15, -0.1) is 11.3 Å². The molecule has 0 aliphatic heterocycles. The van der Waals surface area contributed by atoms with E-state index in [4.69, 9.17) is 16.3 Å². The predicted molar refractivity (Wildman–Crippen MR) is 167 cm³/mol. The maximum Gasteiger partial charge on any atom is 0.271 e. The summed E-state index contributed by atoms with van der Waals surface area (Å²) in [7, 11) is 0. The Morgan fingerprint density at radius 1 is 1.05 bits per heavy atom. The van der Waals surface area contributed by atoms with E-state index < -0.39 is 0 Å². The van der Waals surface area contributed by atoms with Crippen LogP contribution in [-0.4, -0.2) is 17.1 Å². The van der Waals surface area contributed by atoms with Gasteiger partial charge < -0.3 is 10.1 Å². The topological polar surface area (TPSA) is 75.6 Å². The van der Waals surface area contributed by atoms with Crippen LogP contribution in [-0.2, 0) is 6.61 Å². The summed E-state index contributed by atoms with van der Waals surface area (Å²) in [6.07, 6.45) is 1.56. The van der Waals surface area contributed by atoms with Gasteiger partial charge in [0.1, 0.15) is 18.2 Å². The number of hydrazone groups is 1. The standard InChI is InChI=1S/C30H21ClFIN4O2S/c31-23-10-12-24(13-11-23)35-30-36-27(18-40-30)20-6-8-21(9-7-20)29(38)37-34-16-19-5-14-28(26(33)15-19)39-17-22-3-1-2-4-25(22)32/h1-16,18H,17H2,(H,35,36)(H,37,38)/b34-16-. The van der Waals surface area contributed by atoms with Crippen LogP contribution in [0.25, 0.3) is 11.3 Å². The summed E-state index contributed by atoms with van der Waals surface area (Å²) < 4.78 is 20.4. The molecule has 1 heterocycles. The number of hydrogen-bond donors (Lipinski definition) is 2. The minimum atomic E-state index is -0.328. The first kappa shape index (κ1) is 27.8. The second kappa shape index (κ2) is 13.0. The van der Waals surface area contributed by atoms with E-state index in [1.807, 2.05) is 53.9 Å². The number of nitrogens with zero attached hydrogens (tertiary/aromatic N) is 2. The van der Waals surface area contributed by atoms with Crippen molar-refractivity contribution in [3.05, 3.63) is 127 Å². The van der Waals surface area contributed by atoms with E-state index in [-0.39, 0.29) is 18.3 Å². The zero-order valence-electron chi connectivity index (χ0n) is 20.8. The minimum Gasteiger partial charge on any atom is -0.488 e. The second-order valence-electron chi connectivity index (χ2n) is 8.52. The molecule has 200 valence electrons. The molecule has 0 saturated heterocycles. The molecule has 0 radical (unpaired) electrons. The lowest BCUT2D eigenvalue weighted by Crippen LogP contribution is -2.17. The lowest BCUT2D eigenvalue weighted by Gasteiger charge is -2.09. The number of amides is 1. The molecule has 10 heteroatoms. The summed E-state index contributed by atoms with van der Waals surface area (Å²) >= 11 is 9.58. The third kappa shape index (κ3) is 7.23. The highest BCUT2D eigenvalue weighted by molar-refractivity contribution is 14.1. The van der Waals surface area contributed by atoms with Crippen molar-refractivity contribution in [3.8, 4) is 17.0 Å². The van der Waals surface area contributed by atoms with Crippen LogP contribution in [0.15, 0.2) is 101 Å². The van der Waals surface area contributed by atoms with Crippen LogP contribution in [0.5, 0.6) is 5.75 Å². The monoisotopic (exact) mass is 682 g/mol. The lowest BCUT2D eigenvalue weighted by molar-refractivity contribution is 0.0955. The van der Waals surface area contributed by atoms with Gasteiger partial charge >= 0.3 is 0 Å². The van der Waals surface area contributed by atoms with Crippen molar-refractivity contribution in [2.45, 2.75) is 6.61 Å². The highest BCUT2D eigenvalue weighted by atomic mass is 127. The van der Waals surface area contributed by atoms with Gasteiger partial charge in [-0.05, 0) is 88.8 Å². The zero-order chi connectivity index (χ0) is 27.9. The Labute approximate surface area is 253 Å². The number of thiazole rings is 1. The number of anilines is 2. The van der Waals surface area contributed by atoms with Crippen molar-refractivity contribution in [2.24, 2.45) is 5.10 Å². The van der Waals surface area contributed by atoms with E-state index in [0.29, 0.717) is 21.9 Å². The first-order chi connectivity index (χ1) is 19.4. The van der Waals surface area contributed by atoms with Crippen molar-refractivity contribution in [2.75, 3.05) is 5.32 Å². The molecule has 5 aromatic rings. The van der Waals surface area contributed by atoms with Gasteiger partial charge in [0.25, 0.3) is 5.91 Å². The SMILES string of the molecule is O=C(N/N=C\c1ccc(OCc2ccccc2F)c(I)c1)c1ccc(-c2csc(Nc3ccc(Cl)cc3)n2)cc1. The minimum absolute atomic E-state index is 0.134. The van der Waals surface area contributed by atoms with Crippen LogP contribution >= 0.6 is 45.5 Å². The number of carbonyl (C=O) groups is 1. The first-order valence-corrected chi connectivity index (χ1v) is 14.4. The van der Waals surface area contributed by atoms with Crippen LogP contribution in [0, 0.1) is 9.39 Å². The molecular formula is C30H21ClFIN4O2S. The maximum atomic E-state index is 13.8. The number of benzene rings is 4. The molecule has 0 fully saturated rings. The van der Waals surface area contributed by atoms with Gasteiger partial charge in [-0.25, -0.2) is 14.8 Å². The van der Waals surface area contributed by atoms with Gasteiger partial charge in [-0.2, -0.15) is 5.10 Å². The molecule has 6 nitrogen and oxygen atoms in total. The number of rotatable bonds is 9. The largest absolute Gasteiger partial charge is 0.488 e. The molecule has 1 amide bonds.